The van der Waals surface area contributed by atoms with Crippen LogP contribution in [0.2, 0.25) is 0 Å². The van der Waals surface area contributed by atoms with Crippen LogP contribution in [0.4, 0.5) is 0 Å². The zero-order valence-corrected chi connectivity index (χ0v) is 19.9. The summed E-state index contributed by atoms with van der Waals surface area (Å²) in [5.74, 6) is 0. The van der Waals surface area contributed by atoms with E-state index in [1.54, 1.807) is 0 Å². The SMILES string of the molecule is CC(C)(C)[PH+](CC(O)(c1ccccc1)c1ccccc1)C(C)(C)C.[Zr]. The third-order valence-electron chi connectivity index (χ3n) is 4.75. The first-order chi connectivity index (χ1) is 11.0. The minimum atomic E-state index is -0.933. The Bertz CT molecular complexity index is 588. The molecule has 1 nitrogen and oxygen atoms in total. The molecule has 2 rings (SSSR count). The topological polar surface area (TPSA) is 20.2 Å². The van der Waals surface area contributed by atoms with Gasteiger partial charge in [0.15, 0.2) is 0 Å². The molecule has 0 fully saturated rings. The van der Waals surface area contributed by atoms with Crippen LogP contribution >= 0.6 is 7.92 Å². The summed E-state index contributed by atoms with van der Waals surface area (Å²) in [6.07, 6.45) is 0.804. The van der Waals surface area contributed by atoms with E-state index >= 15 is 0 Å². The molecule has 0 saturated heterocycles. The first-order valence-corrected chi connectivity index (χ1v) is 10.5. The normalized spacial score (nSPS) is 12.8. The minimum absolute atomic E-state index is 0. The van der Waals surface area contributed by atoms with E-state index < -0.39 is 13.5 Å². The Labute approximate surface area is 174 Å². The van der Waals surface area contributed by atoms with Gasteiger partial charge in [-0.1, -0.05) is 60.7 Å². The molecule has 0 amide bonds. The summed E-state index contributed by atoms with van der Waals surface area (Å²) in [7, 11) is -0.876. The summed E-state index contributed by atoms with van der Waals surface area (Å²) in [6.45, 7) is 13.9. The van der Waals surface area contributed by atoms with Gasteiger partial charge in [-0.25, -0.2) is 0 Å². The summed E-state index contributed by atoms with van der Waals surface area (Å²) in [6, 6.07) is 20.3. The summed E-state index contributed by atoms with van der Waals surface area (Å²) >= 11 is 0. The van der Waals surface area contributed by atoms with Crippen LogP contribution in [-0.4, -0.2) is 21.6 Å². The van der Waals surface area contributed by atoms with Crippen LogP contribution in [0.1, 0.15) is 52.7 Å². The molecule has 0 saturated carbocycles. The molecule has 0 unspecified atom stereocenters. The van der Waals surface area contributed by atoms with Gasteiger partial charge in [0.25, 0.3) is 0 Å². The molecule has 0 aliphatic carbocycles. The Morgan fingerprint density at radius 1 is 0.680 bits per heavy atom. The van der Waals surface area contributed by atoms with Gasteiger partial charge in [0.2, 0.25) is 0 Å². The van der Waals surface area contributed by atoms with E-state index in [1.807, 2.05) is 36.4 Å². The Kier molecular flexibility index (Phi) is 7.83. The third-order valence-corrected chi connectivity index (χ3v) is 9.23. The monoisotopic (exact) mass is 433 g/mol. The van der Waals surface area contributed by atoms with Crippen molar-refractivity contribution in [1.82, 2.24) is 0 Å². The van der Waals surface area contributed by atoms with Crippen molar-refractivity contribution < 1.29 is 31.3 Å². The van der Waals surface area contributed by atoms with Crippen molar-refractivity contribution in [3.8, 4) is 0 Å². The quantitative estimate of drug-likeness (QED) is 0.609. The summed E-state index contributed by atoms with van der Waals surface area (Å²) in [4.78, 5) is 0. The second-order valence-electron chi connectivity index (χ2n) is 8.75. The molecule has 0 spiro atoms. The standard InChI is InChI=1S/C22H31OP.Zr/c1-20(2,3)24(21(4,5)6)17-22(23,18-13-9-7-10-14-18)19-15-11-8-12-16-19;/h7-16,23H,17H2,1-6H3;/p+1. The first kappa shape index (κ1) is 22.8. The first-order valence-electron chi connectivity index (χ1n) is 8.75. The Balaban J connectivity index is 0.00000312. The smallest absolute Gasteiger partial charge is 0.148 e. The second kappa shape index (κ2) is 8.60. The van der Waals surface area contributed by atoms with Crippen LogP contribution in [-0.2, 0) is 31.8 Å². The second-order valence-corrected chi connectivity index (χ2v) is 13.1. The van der Waals surface area contributed by atoms with E-state index in [9.17, 15) is 5.11 Å². The third kappa shape index (κ3) is 5.59. The van der Waals surface area contributed by atoms with Crippen LogP contribution < -0.4 is 0 Å². The van der Waals surface area contributed by atoms with E-state index in [4.69, 9.17) is 0 Å². The van der Waals surface area contributed by atoms with E-state index in [-0.39, 0.29) is 36.5 Å². The molecule has 0 bridgehead atoms. The van der Waals surface area contributed by atoms with Gasteiger partial charge in [0.05, 0.1) is 16.5 Å². The molecule has 0 heterocycles. The van der Waals surface area contributed by atoms with Gasteiger partial charge >= 0.3 is 0 Å². The van der Waals surface area contributed by atoms with E-state index in [0.717, 1.165) is 17.3 Å². The zero-order chi connectivity index (χ0) is 18.0. The van der Waals surface area contributed by atoms with E-state index in [1.165, 1.54) is 0 Å². The van der Waals surface area contributed by atoms with Gasteiger partial charge in [-0.05, 0) is 52.7 Å². The van der Waals surface area contributed by atoms with Gasteiger partial charge in [0, 0.05) is 34.1 Å². The number of benzene rings is 2. The Morgan fingerprint density at radius 2 is 1.00 bits per heavy atom. The van der Waals surface area contributed by atoms with E-state index in [0.29, 0.717) is 0 Å². The number of hydrogen-bond donors (Lipinski definition) is 1. The van der Waals surface area contributed by atoms with Gasteiger partial charge < -0.3 is 5.11 Å². The largest absolute Gasteiger partial charge is 0.377 e. The van der Waals surface area contributed by atoms with Crippen molar-refractivity contribution in [3.63, 3.8) is 0 Å². The molecule has 2 aromatic carbocycles. The van der Waals surface area contributed by atoms with Crippen molar-refractivity contribution in [2.75, 3.05) is 6.16 Å². The maximum atomic E-state index is 11.9. The van der Waals surface area contributed by atoms with Gasteiger partial charge in [0.1, 0.15) is 5.60 Å². The number of aliphatic hydroxyl groups is 1. The number of hydrogen-bond acceptors (Lipinski definition) is 1. The fourth-order valence-corrected chi connectivity index (χ4v) is 7.94. The van der Waals surface area contributed by atoms with Crippen molar-refractivity contribution in [3.05, 3.63) is 71.8 Å². The van der Waals surface area contributed by atoms with Crippen molar-refractivity contribution in [1.29, 1.82) is 0 Å². The Hall–Kier alpha value is -0.287. The number of rotatable bonds is 4. The molecular weight excluding hydrogens is 402 g/mol. The summed E-state index contributed by atoms with van der Waals surface area (Å²) in [5, 5.41) is 12.3. The average Bonchev–Trinajstić information content (AvgIpc) is 2.52. The molecule has 3 heteroatoms. The fourth-order valence-electron chi connectivity index (χ4n) is 3.71. The molecular formula is C22H32OPZr+. The van der Waals surface area contributed by atoms with Crippen molar-refractivity contribution >= 4 is 7.92 Å². The van der Waals surface area contributed by atoms with Gasteiger partial charge in [-0.15, -0.1) is 0 Å². The van der Waals surface area contributed by atoms with Crippen LogP contribution in [0.25, 0.3) is 0 Å². The predicted octanol–water partition coefficient (Wildman–Crippen LogP) is 5.73. The molecule has 0 aromatic heterocycles. The molecule has 0 aliphatic heterocycles. The average molecular weight is 435 g/mol. The molecule has 2 aromatic rings. The molecule has 0 aliphatic rings. The maximum absolute atomic E-state index is 11.9. The summed E-state index contributed by atoms with van der Waals surface area (Å²) in [5.41, 5.74) is 1.05. The molecule has 1 N–H and O–H groups in total. The molecule has 0 atom stereocenters. The molecule has 25 heavy (non-hydrogen) atoms. The van der Waals surface area contributed by atoms with Crippen LogP contribution in [0, 0.1) is 0 Å². The molecule has 0 radical (unpaired) electrons. The summed E-state index contributed by atoms with van der Waals surface area (Å²) < 4.78 is 0. The van der Waals surface area contributed by atoms with Gasteiger partial charge in [-0.2, -0.15) is 0 Å². The van der Waals surface area contributed by atoms with Gasteiger partial charge in [-0.3, -0.25) is 0 Å². The Morgan fingerprint density at radius 3 is 1.28 bits per heavy atom. The van der Waals surface area contributed by atoms with Crippen LogP contribution in [0.3, 0.4) is 0 Å². The van der Waals surface area contributed by atoms with E-state index in [2.05, 4.69) is 65.8 Å². The molecule has 134 valence electrons. The fraction of sp³-hybridized carbons (Fsp3) is 0.455. The maximum Gasteiger partial charge on any atom is 0.148 e. The van der Waals surface area contributed by atoms with Crippen LogP contribution in [0.5, 0.6) is 0 Å². The van der Waals surface area contributed by atoms with Crippen molar-refractivity contribution in [2.24, 2.45) is 0 Å². The van der Waals surface area contributed by atoms with Crippen LogP contribution in [0.15, 0.2) is 60.7 Å². The van der Waals surface area contributed by atoms with Crippen molar-refractivity contribution in [2.45, 2.75) is 57.5 Å². The predicted molar refractivity (Wildman–Crippen MR) is 109 cm³/mol. The zero-order valence-electron chi connectivity index (χ0n) is 16.4. The minimum Gasteiger partial charge on any atom is -0.377 e.